The van der Waals surface area contributed by atoms with Crippen LogP contribution < -0.4 is 5.32 Å². The van der Waals surface area contributed by atoms with Crippen molar-refractivity contribution in [3.63, 3.8) is 0 Å². The Morgan fingerprint density at radius 2 is 1.78 bits per heavy atom. The molecule has 1 N–H and O–H groups in total. The molecule has 2 aromatic carbocycles. The molecule has 0 atom stereocenters. The van der Waals surface area contributed by atoms with E-state index < -0.39 is 0 Å². The summed E-state index contributed by atoms with van der Waals surface area (Å²) >= 11 is 0. The van der Waals surface area contributed by atoms with E-state index in [1.807, 2.05) is 67.9 Å². The predicted molar refractivity (Wildman–Crippen MR) is 129 cm³/mol. The van der Waals surface area contributed by atoms with Gasteiger partial charge in [0.25, 0.3) is 0 Å². The van der Waals surface area contributed by atoms with E-state index in [-0.39, 0.29) is 24.3 Å². The summed E-state index contributed by atoms with van der Waals surface area (Å²) in [5, 5.41) is 2.93. The SMILES string of the molecule is CCC(=O)N(CC(=O)Nc1nc(-c2ccccc2)cn1-c1ccc(C)c(C)c1)CC(C)C. The van der Waals surface area contributed by atoms with E-state index in [0.29, 0.717) is 18.9 Å². The number of imidazole rings is 1. The molecule has 0 aliphatic carbocycles. The van der Waals surface area contributed by atoms with Gasteiger partial charge in [-0.2, -0.15) is 0 Å². The number of hydrogen-bond donors (Lipinski definition) is 1. The smallest absolute Gasteiger partial charge is 0.246 e. The zero-order chi connectivity index (χ0) is 23.3. The van der Waals surface area contributed by atoms with Gasteiger partial charge in [-0.1, -0.05) is 57.2 Å². The molecular formula is C26H32N4O2. The van der Waals surface area contributed by atoms with Crippen molar-refractivity contribution in [3.05, 3.63) is 65.9 Å². The van der Waals surface area contributed by atoms with E-state index >= 15 is 0 Å². The highest BCUT2D eigenvalue weighted by Crippen LogP contribution is 2.25. The van der Waals surface area contributed by atoms with E-state index in [9.17, 15) is 9.59 Å². The fourth-order valence-electron chi connectivity index (χ4n) is 3.55. The van der Waals surface area contributed by atoms with Gasteiger partial charge < -0.3 is 4.90 Å². The van der Waals surface area contributed by atoms with Crippen LogP contribution in [-0.2, 0) is 9.59 Å². The Balaban J connectivity index is 1.93. The number of carbonyl (C=O) groups excluding carboxylic acids is 2. The molecule has 1 heterocycles. The number of benzene rings is 2. The van der Waals surface area contributed by atoms with E-state index in [1.165, 1.54) is 5.56 Å². The summed E-state index contributed by atoms with van der Waals surface area (Å²) in [6.45, 7) is 10.6. The summed E-state index contributed by atoms with van der Waals surface area (Å²) in [6, 6.07) is 16.0. The molecule has 1 aromatic heterocycles. The molecule has 32 heavy (non-hydrogen) atoms. The van der Waals surface area contributed by atoms with Crippen LogP contribution in [-0.4, -0.2) is 39.4 Å². The van der Waals surface area contributed by atoms with Crippen molar-refractivity contribution in [1.82, 2.24) is 14.5 Å². The van der Waals surface area contributed by atoms with Crippen LogP contribution >= 0.6 is 0 Å². The number of nitrogens with zero attached hydrogens (tertiary/aromatic N) is 3. The molecule has 6 nitrogen and oxygen atoms in total. The molecule has 0 saturated carbocycles. The predicted octanol–water partition coefficient (Wildman–Crippen LogP) is 4.99. The third-order valence-corrected chi connectivity index (χ3v) is 5.37. The third kappa shape index (κ3) is 5.63. The van der Waals surface area contributed by atoms with Gasteiger partial charge in [-0.3, -0.25) is 19.5 Å². The van der Waals surface area contributed by atoms with Gasteiger partial charge in [0.05, 0.1) is 12.2 Å². The summed E-state index contributed by atoms with van der Waals surface area (Å²) in [5.74, 6) is 0.421. The highest BCUT2D eigenvalue weighted by Gasteiger charge is 2.19. The van der Waals surface area contributed by atoms with Gasteiger partial charge in [0.15, 0.2) is 0 Å². The molecular weight excluding hydrogens is 400 g/mol. The lowest BCUT2D eigenvalue weighted by Crippen LogP contribution is -2.40. The Morgan fingerprint density at radius 3 is 2.41 bits per heavy atom. The first-order chi connectivity index (χ1) is 15.3. The van der Waals surface area contributed by atoms with Crippen molar-refractivity contribution in [3.8, 4) is 16.9 Å². The number of rotatable bonds is 8. The van der Waals surface area contributed by atoms with E-state index in [2.05, 4.69) is 31.3 Å². The standard InChI is InChI=1S/C26H32N4O2/c1-6-25(32)29(15-18(2)3)17-24(31)28-26-27-23(21-10-8-7-9-11-21)16-30(26)22-13-12-19(4)20(5)14-22/h7-14,16,18H,6,15,17H2,1-5H3,(H,27,28,31). The molecule has 0 saturated heterocycles. The lowest BCUT2D eigenvalue weighted by atomic mass is 10.1. The number of hydrogen-bond acceptors (Lipinski definition) is 3. The normalized spacial score (nSPS) is 10.9. The average Bonchev–Trinajstić information content (AvgIpc) is 3.18. The van der Waals surface area contributed by atoms with E-state index in [0.717, 1.165) is 22.5 Å². The number of aromatic nitrogens is 2. The first kappa shape index (κ1) is 23.3. The van der Waals surface area contributed by atoms with Gasteiger partial charge in [0.1, 0.15) is 0 Å². The minimum Gasteiger partial charge on any atom is -0.333 e. The minimum atomic E-state index is -0.261. The Morgan fingerprint density at radius 1 is 1.06 bits per heavy atom. The molecule has 0 aliphatic rings. The van der Waals surface area contributed by atoms with E-state index in [1.54, 1.807) is 4.90 Å². The first-order valence-electron chi connectivity index (χ1n) is 11.1. The van der Waals surface area contributed by atoms with Crippen molar-refractivity contribution < 1.29 is 9.59 Å². The molecule has 6 heteroatoms. The Bertz CT molecular complexity index is 1090. The first-order valence-corrected chi connectivity index (χ1v) is 11.1. The lowest BCUT2D eigenvalue weighted by Gasteiger charge is -2.23. The number of amides is 2. The molecule has 0 unspecified atom stereocenters. The van der Waals surface area contributed by atoms with Crippen LogP contribution in [0.15, 0.2) is 54.7 Å². The fraction of sp³-hybridized carbons (Fsp3) is 0.346. The highest BCUT2D eigenvalue weighted by atomic mass is 16.2. The molecule has 0 aliphatic heterocycles. The topological polar surface area (TPSA) is 67.2 Å². The van der Waals surface area contributed by atoms with Crippen LogP contribution in [0.1, 0.15) is 38.3 Å². The van der Waals surface area contributed by atoms with Crippen molar-refractivity contribution in [2.45, 2.75) is 41.0 Å². The van der Waals surface area contributed by atoms with Crippen molar-refractivity contribution in [1.29, 1.82) is 0 Å². The second kappa shape index (κ2) is 10.3. The van der Waals surface area contributed by atoms with Crippen LogP contribution in [0.25, 0.3) is 16.9 Å². The quantitative estimate of drug-likeness (QED) is 0.545. The minimum absolute atomic E-state index is 0.00527. The summed E-state index contributed by atoms with van der Waals surface area (Å²) in [4.78, 5) is 31.5. The van der Waals surface area contributed by atoms with Crippen LogP contribution in [0.5, 0.6) is 0 Å². The van der Waals surface area contributed by atoms with Gasteiger partial charge in [0.2, 0.25) is 17.8 Å². The Hall–Kier alpha value is -3.41. The Kier molecular flexibility index (Phi) is 7.46. The van der Waals surface area contributed by atoms with Gasteiger partial charge in [-0.15, -0.1) is 0 Å². The fourth-order valence-corrected chi connectivity index (χ4v) is 3.55. The zero-order valence-corrected chi connectivity index (χ0v) is 19.6. The lowest BCUT2D eigenvalue weighted by molar-refractivity contribution is -0.134. The summed E-state index contributed by atoms with van der Waals surface area (Å²) in [5.41, 5.74) is 5.01. The summed E-state index contributed by atoms with van der Waals surface area (Å²) < 4.78 is 1.89. The van der Waals surface area contributed by atoms with Crippen LogP contribution in [0.3, 0.4) is 0 Å². The molecule has 168 valence electrons. The average molecular weight is 433 g/mol. The number of aryl methyl sites for hydroxylation is 2. The Labute approximate surface area is 190 Å². The molecule has 0 fully saturated rings. The maximum Gasteiger partial charge on any atom is 0.246 e. The molecule has 2 amide bonds. The summed E-state index contributed by atoms with van der Waals surface area (Å²) in [6.07, 6.45) is 2.30. The maximum absolute atomic E-state index is 12.9. The van der Waals surface area contributed by atoms with Crippen LogP contribution in [0.2, 0.25) is 0 Å². The molecule has 3 rings (SSSR count). The second-order valence-corrected chi connectivity index (χ2v) is 8.52. The molecule has 0 spiro atoms. The van der Waals surface area contributed by atoms with Gasteiger partial charge in [-0.25, -0.2) is 4.98 Å². The summed E-state index contributed by atoms with van der Waals surface area (Å²) in [7, 11) is 0. The van der Waals surface area contributed by atoms with Gasteiger partial charge in [-0.05, 0) is 43.0 Å². The van der Waals surface area contributed by atoms with Gasteiger partial charge >= 0.3 is 0 Å². The third-order valence-electron chi connectivity index (χ3n) is 5.37. The van der Waals surface area contributed by atoms with Crippen molar-refractivity contribution in [2.24, 2.45) is 5.92 Å². The number of anilines is 1. The second-order valence-electron chi connectivity index (χ2n) is 8.52. The van der Waals surface area contributed by atoms with Crippen molar-refractivity contribution >= 4 is 17.8 Å². The van der Waals surface area contributed by atoms with Crippen LogP contribution in [0, 0.1) is 19.8 Å². The van der Waals surface area contributed by atoms with Gasteiger partial charge in [0, 0.05) is 30.4 Å². The molecule has 3 aromatic rings. The molecule has 0 bridgehead atoms. The molecule has 0 radical (unpaired) electrons. The monoisotopic (exact) mass is 432 g/mol. The maximum atomic E-state index is 12.9. The number of nitrogens with one attached hydrogen (secondary N) is 1. The number of carbonyl (C=O) groups is 2. The largest absolute Gasteiger partial charge is 0.333 e. The van der Waals surface area contributed by atoms with Crippen molar-refractivity contribution in [2.75, 3.05) is 18.4 Å². The van der Waals surface area contributed by atoms with E-state index in [4.69, 9.17) is 4.98 Å². The highest BCUT2D eigenvalue weighted by molar-refractivity contribution is 5.93. The zero-order valence-electron chi connectivity index (χ0n) is 19.6. The van der Waals surface area contributed by atoms with Crippen LogP contribution in [0.4, 0.5) is 5.95 Å².